The molecule has 0 radical (unpaired) electrons. The van der Waals surface area contributed by atoms with E-state index in [0.29, 0.717) is 29.8 Å². The van der Waals surface area contributed by atoms with Crippen LogP contribution in [0.2, 0.25) is 0 Å². The van der Waals surface area contributed by atoms with Gasteiger partial charge >= 0.3 is 0 Å². The Labute approximate surface area is 209 Å². The molecule has 1 amide bonds. The van der Waals surface area contributed by atoms with E-state index in [1.807, 2.05) is 30.3 Å². The maximum atomic E-state index is 13.1. The third-order valence-electron chi connectivity index (χ3n) is 6.05. The first kappa shape index (κ1) is 25.6. The Morgan fingerprint density at radius 2 is 1.83 bits per heavy atom. The molecule has 0 bridgehead atoms. The summed E-state index contributed by atoms with van der Waals surface area (Å²) in [6.45, 7) is 1.77. The third-order valence-corrected chi connectivity index (χ3v) is 6.05. The molecule has 0 spiro atoms. The molecule has 9 heteroatoms. The van der Waals surface area contributed by atoms with Crippen LogP contribution in [0, 0.1) is 5.82 Å². The van der Waals surface area contributed by atoms with Crippen molar-refractivity contribution in [3.63, 3.8) is 0 Å². The molecule has 3 aromatic rings. The number of hydrogen-bond donors (Lipinski definition) is 2. The summed E-state index contributed by atoms with van der Waals surface area (Å²) in [5.41, 5.74) is 5.51. The van der Waals surface area contributed by atoms with Gasteiger partial charge in [-0.05, 0) is 72.4 Å². The number of rotatable bonds is 10. The predicted molar refractivity (Wildman–Crippen MR) is 130 cm³/mol. The van der Waals surface area contributed by atoms with Crippen molar-refractivity contribution in [3.05, 3.63) is 83.3 Å². The zero-order valence-electron chi connectivity index (χ0n) is 20.2. The fourth-order valence-corrected chi connectivity index (χ4v) is 4.23. The minimum atomic E-state index is -0.625. The second kappa shape index (κ2) is 12.4. The molecule has 1 heterocycles. The van der Waals surface area contributed by atoms with Crippen molar-refractivity contribution in [2.75, 3.05) is 0 Å². The normalized spacial score (nSPS) is 13.9. The first-order valence-corrected chi connectivity index (χ1v) is 12.0. The molecule has 1 aliphatic carbocycles. The number of nitrogens with zero attached hydrogens (tertiary/aromatic N) is 2. The molecule has 8 nitrogen and oxygen atoms in total. The van der Waals surface area contributed by atoms with Gasteiger partial charge in [-0.1, -0.05) is 36.6 Å². The van der Waals surface area contributed by atoms with E-state index in [1.54, 1.807) is 18.2 Å². The van der Waals surface area contributed by atoms with Crippen molar-refractivity contribution in [1.82, 2.24) is 15.7 Å². The van der Waals surface area contributed by atoms with E-state index in [2.05, 4.69) is 10.5 Å². The molecule has 2 N–H and O–H groups in total. The molecule has 1 aromatic heterocycles. The number of aromatic nitrogens is 1. The summed E-state index contributed by atoms with van der Waals surface area (Å²) < 4.78 is 24.9. The van der Waals surface area contributed by atoms with Crippen LogP contribution in [0.4, 0.5) is 4.39 Å². The first-order valence-electron chi connectivity index (χ1n) is 12.0. The van der Waals surface area contributed by atoms with E-state index in [1.165, 1.54) is 38.3 Å². The lowest BCUT2D eigenvalue weighted by Crippen LogP contribution is -2.32. The standard InChI is InChI=1S/C27H30FN3O5/c1-19(32)31(33)36-29-17-21-10-13-25(16-26(21)20-6-3-2-4-7-20)34-18-23-8-5-9-27(30-23)35-24-14-11-22(28)12-15-24/h5,8-16,20,29,33H,2-4,6-7,17-18H2,1H3. The van der Waals surface area contributed by atoms with Crippen LogP contribution >= 0.6 is 0 Å². The van der Waals surface area contributed by atoms with Crippen molar-refractivity contribution in [2.24, 2.45) is 0 Å². The van der Waals surface area contributed by atoms with Crippen LogP contribution in [0.5, 0.6) is 17.4 Å². The minimum Gasteiger partial charge on any atom is -0.487 e. The molecule has 0 atom stereocenters. The van der Waals surface area contributed by atoms with E-state index in [9.17, 15) is 14.4 Å². The van der Waals surface area contributed by atoms with Crippen molar-refractivity contribution < 1.29 is 28.8 Å². The van der Waals surface area contributed by atoms with Gasteiger partial charge in [0.1, 0.15) is 23.9 Å². The molecule has 0 aliphatic heterocycles. The average molecular weight is 496 g/mol. The van der Waals surface area contributed by atoms with Gasteiger partial charge in [0, 0.05) is 19.5 Å². The highest BCUT2D eigenvalue weighted by Crippen LogP contribution is 2.36. The first-order chi connectivity index (χ1) is 17.5. The molecule has 4 rings (SSSR count). The predicted octanol–water partition coefficient (Wildman–Crippen LogP) is 5.81. The van der Waals surface area contributed by atoms with E-state index >= 15 is 0 Å². The second-order valence-electron chi connectivity index (χ2n) is 8.71. The second-order valence-corrected chi connectivity index (χ2v) is 8.71. The Hall–Kier alpha value is -3.53. The van der Waals surface area contributed by atoms with Gasteiger partial charge in [-0.15, -0.1) is 0 Å². The number of halogens is 1. The van der Waals surface area contributed by atoms with Crippen LogP contribution in [0.15, 0.2) is 60.7 Å². The van der Waals surface area contributed by atoms with Crippen LogP contribution in [0.25, 0.3) is 0 Å². The van der Waals surface area contributed by atoms with Crippen molar-refractivity contribution in [2.45, 2.75) is 58.1 Å². The monoisotopic (exact) mass is 495 g/mol. The summed E-state index contributed by atoms with van der Waals surface area (Å²) in [4.78, 5) is 20.5. The van der Waals surface area contributed by atoms with Gasteiger partial charge < -0.3 is 9.47 Å². The van der Waals surface area contributed by atoms with Crippen LogP contribution in [-0.4, -0.2) is 21.3 Å². The summed E-state index contributed by atoms with van der Waals surface area (Å²) in [5.74, 6) is 1.07. The zero-order chi connectivity index (χ0) is 25.3. The number of hydrogen-bond acceptors (Lipinski definition) is 7. The van der Waals surface area contributed by atoms with Crippen molar-refractivity contribution >= 4 is 5.91 Å². The summed E-state index contributed by atoms with van der Waals surface area (Å²) in [6.07, 6.45) is 5.79. The number of carbonyl (C=O) groups excluding carboxylic acids is 1. The van der Waals surface area contributed by atoms with Crippen LogP contribution in [-0.2, 0) is 22.9 Å². The number of amides is 1. The molecular weight excluding hydrogens is 465 g/mol. The smallest absolute Gasteiger partial charge is 0.272 e. The molecular formula is C27H30FN3O5. The van der Waals surface area contributed by atoms with Gasteiger partial charge in [0.2, 0.25) is 5.88 Å². The Morgan fingerprint density at radius 3 is 2.58 bits per heavy atom. The Bertz CT molecular complexity index is 1150. The molecule has 36 heavy (non-hydrogen) atoms. The molecule has 1 saturated carbocycles. The topological polar surface area (TPSA) is 93.2 Å². The molecule has 2 aromatic carbocycles. The fraction of sp³-hybridized carbons (Fsp3) is 0.333. The van der Waals surface area contributed by atoms with Gasteiger partial charge in [0.05, 0.1) is 5.69 Å². The van der Waals surface area contributed by atoms with Gasteiger partial charge in [0.25, 0.3) is 5.91 Å². The van der Waals surface area contributed by atoms with Crippen LogP contribution in [0.1, 0.15) is 61.8 Å². The zero-order valence-corrected chi connectivity index (χ0v) is 20.2. The number of nitrogens with one attached hydrogen (secondary N) is 1. The molecule has 190 valence electrons. The lowest BCUT2D eigenvalue weighted by Gasteiger charge is -2.25. The molecule has 0 saturated heterocycles. The van der Waals surface area contributed by atoms with Crippen LogP contribution in [0.3, 0.4) is 0 Å². The summed E-state index contributed by atoms with van der Waals surface area (Å²) >= 11 is 0. The number of benzene rings is 2. The highest BCUT2D eigenvalue weighted by atomic mass is 19.1. The Morgan fingerprint density at radius 1 is 1.08 bits per heavy atom. The van der Waals surface area contributed by atoms with Gasteiger partial charge in [-0.25, -0.2) is 9.37 Å². The lowest BCUT2D eigenvalue weighted by molar-refractivity contribution is -0.343. The quantitative estimate of drug-likeness (QED) is 0.271. The molecule has 1 fully saturated rings. The van der Waals surface area contributed by atoms with Gasteiger partial charge in [-0.3, -0.25) is 10.0 Å². The number of carbonyl (C=O) groups is 1. The maximum Gasteiger partial charge on any atom is 0.272 e. The molecule has 0 unspecified atom stereocenters. The Balaban J connectivity index is 1.42. The van der Waals surface area contributed by atoms with Crippen molar-refractivity contribution in [1.29, 1.82) is 0 Å². The Kier molecular flexibility index (Phi) is 8.83. The van der Waals surface area contributed by atoms with Crippen LogP contribution < -0.4 is 15.0 Å². The van der Waals surface area contributed by atoms with E-state index in [0.717, 1.165) is 29.7 Å². The van der Waals surface area contributed by atoms with E-state index in [4.69, 9.17) is 14.4 Å². The van der Waals surface area contributed by atoms with E-state index in [-0.39, 0.29) is 17.7 Å². The SMILES string of the molecule is CC(=O)N(O)ONCc1ccc(OCc2cccc(Oc3ccc(F)cc3)n2)cc1C1CCCCC1. The van der Waals surface area contributed by atoms with Gasteiger partial charge in [0.15, 0.2) is 0 Å². The van der Waals surface area contributed by atoms with Crippen molar-refractivity contribution in [3.8, 4) is 17.4 Å². The average Bonchev–Trinajstić information content (AvgIpc) is 2.90. The third kappa shape index (κ3) is 7.24. The summed E-state index contributed by atoms with van der Waals surface area (Å²) in [7, 11) is 0. The lowest BCUT2D eigenvalue weighted by atomic mass is 9.82. The summed E-state index contributed by atoms with van der Waals surface area (Å²) in [5, 5.41) is 9.57. The summed E-state index contributed by atoms with van der Waals surface area (Å²) in [6, 6.07) is 17.1. The largest absolute Gasteiger partial charge is 0.487 e. The highest BCUT2D eigenvalue weighted by Gasteiger charge is 2.20. The van der Waals surface area contributed by atoms with Gasteiger partial charge in [-0.2, -0.15) is 10.4 Å². The maximum absolute atomic E-state index is 13.1. The number of ether oxygens (including phenoxy) is 2. The minimum absolute atomic E-state index is 0.165. The highest BCUT2D eigenvalue weighted by molar-refractivity contribution is 5.70. The number of pyridine rings is 1. The van der Waals surface area contributed by atoms with E-state index < -0.39 is 5.91 Å². The number of hydroxylamine groups is 3. The fourth-order valence-electron chi connectivity index (χ4n) is 4.23. The molecule has 1 aliphatic rings.